The second kappa shape index (κ2) is 6.28. The molecule has 1 aromatic carbocycles. The summed E-state index contributed by atoms with van der Waals surface area (Å²) < 4.78 is 40.4. The van der Waals surface area contributed by atoms with Crippen molar-refractivity contribution in [1.82, 2.24) is 19.4 Å². The molecule has 3 aromatic rings. The van der Waals surface area contributed by atoms with Gasteiger partial charge in [0.05, 0.1) is 5.52 Å². The molecule has 0 spiro atoms. The Bertz CT molecular complexity index is 960. The lowest BCUT2D eigenvalue weighted by Gasteiger charge is -2.34. The minimum atomic E-state index is -4.37. The van der Waals surface area contributed by atoms with E-state index in [4.69, 9.17) is 11.6 Å². The Kier molecular flexibility index (Phi) is 4.19. The van der Waals surface area contributed by atoms with E-state index in [0.717, 1.165) is 36.4 Å². The topological polar surface area (TPSA) is 37.2 Å². The van der Waals surface area contributed by atoms with Crippen LogP contribution in [-0.4, -0.2) is 58.8 Å². The molecule has 2 aromatic heterocycles. The van der Waals surface area contributed by atoms with E-state index < -0.39 is 12.7 Å². The van der Waals surface area contributed by atoms with Gasteiger partial charge in [0.25, 0.3) is 0 Å². The predicted octanol–water partition coefficient (Wildman–Crippen LogP) is 3.55. The number of benzene rings is 1. The van der Waals surface area contributed by atoms with E-state index in [-0.39, 0.29) is 10.7 Å². The average molecular weight is 384 g/mol. The number of likely N-dealkylation sites (N-methyl/N-ethyl adjacent to an activating group) is 1. The molecule has 0 unspecified atom stereocenters. The molecule has 0 bridgehead atoms. The highest BCUT2D eigenvalue weighted by atomic mass is 35.5. The van der Waals surface area contributed by atoms with Crippen LogP contribution in [0.3, 0.4) is 0 Å². The van der Waals surface area contributed by atoms with Crippen LogP contribution in [0.1, 0.15) is 0 Å². The monoisotopic (exact) mass is 383 g/mol. The SMILES string of the molecule is CN1CCN(c2ccc3c(c2)c2ncnc(Cl)c2n3CC(F)(F)F)CC1. The van der Waals surface area contributed by atoms with Crippen molar-refractivity contribution in [2.75, 3.05) is 38.1 Å². The molecule has 1 saturated heterocycles. The molecular formula is C17H17ClF3N5. The van der Waals surface area contributed by atoms with Gasteiger partial charge < -0.3 is 14.4 Å². The summed E-state index contributed by atoms with van der Waals surface area (Å²) in [6, 6.07) is 5.48. The van der Waals surface area contributed by atoms with Crippen molar-refractivity contribution in [3.05, 3.63) is 29.7 Å². The fourth-order valence-electron chi connectivity index (χ4n) is 3.47. The minimum absolute atomic E-state index is 0.0246. The van der Waals surface area contributed by atoms with Gasteiger partial charge in [0.1, 0.15) is 23.9 Å². The zero-order valence-corrected chi connectivity index (χ0v) is 14.8. The summed E-state index contributed by atoms with van der Waals surface area (Å²) in [5.41, 5.74) is 2.10. The van der Waals surface area contributed by atoms with Gasteiger partial charge in [-0.3, -0.25) is 0 Å². The number of rotatable bonds is 2. The van der Waals surface area contributed by atoms with Crippen LogP contribution in [0.25, 0.3) is 21.9 Å². The molecular weight excluding hydrogens is 367 g/mol. The zero-order chi connectivity index (χ0) is 18.5. The van der Waals surface area contributed by atoms with Crippen molar-refractivity contribution in [1.29, 1.82) is 0 Å². The number of aromatic nitrogens is 3. The first kappa shape index (κ1) is 17.4. The molecule has 9 heteroatoms. The molecule has 4 rings (SSSR count). The van der Waals surface area contributed by atoms with E-state index in [0.29, 0.717) is 16.4 Å². The van der Waals surface area contributed by atoms with Crippen LogP contribution < -0.4 is 4.90 Å². The second-order valence-electron chi connectivity index (χ2n) is 6.55. The first-order valence-electron chi connectivity index (χ1n) is 8.26. The third kappa shape index (κ3) is 3.07. The maximum atomic E-state index is 13.1. The largest absolute Gasteiger partial charge is 0.406 e. The molecule has 138 valence electrons. The predicted molar refractivity (Wildman–Crippen MR) is 95.8 cm³/mol. The molecule has 5 nitrogen and oxygen atoms in total. The number of nitrogens with zero attached hydrogens (tertiary/aromatic N) is 5. The highest BCUT2D eigenvalue weighted by Gasteiger charge is 2.31. The van der Waals surface area contributed by atoms with Crippen molar-refractivity contribution in [3.63, 3.8) is 0 Å². The molecule has 1 fully saturated rings. The smallest absolute Gasteiger partial charge is 0.369 e. The quantitative estimate of drug-likeness (QED) is 0.634. The first-order chi connectivity index (χ1) is 12.3. The molecule has 0 aliphatic carbocycles. The number of fused-ring (bicyclic) bond motifs is 3. The number of piperazine rings is 1. The summed E-state index contributed by atoms with van der Waals surface area (Å²) in [5, 5.41) is 0.682. The van der Waals surface area contributed by atoms with Crippen LogP contribution in [0.4, 0.5) is 18.9 Å². The van der Waals surface area contributed by atoms with Gasteiger partial charge in [-0.2, -0.15) is 13.2 Å². The van der Waals surface area contributed by atoms with Gasteiger partial charge in [0, 0.05) is 37.3 Å². The van der Waals surface area contributed by atoms with Crippen molar-refractivity contribution in [2.45, 2.75) is 12.7 Å². The standard InChI is InChI=1S/C17H17ClF3N5/c1-24-4-6-25(7-5-24)11-2-3-13-12(8-11)14-15(16(18)23-10-22-14)26(13)9-17(19,20)21/h2-3,8,10H,4-7,9H2,1H3. The first-order valence-corrected chi connectivity index (χ1v) is 8.64. The van der Waals surface area contributed by atoms with E-state index in [2.05, 4.69) is 26.8 Å². The molecule has 0 N–H and O–H groups in total. The highest BCUT2D eigenvalue weighted by molar-refractivity contribution is 6.34. The molecule has 26 heavy (non-hydrogen) atoms. The van der Waals surface area contributed by atoms with Gasteiger partial charge >= 0.3 is 6.18 Å². The van der Waals surface area contributed by atoms with Crippen molar-refractivity contribution in [3.8, 4) is 0 Å². The van der Waals surface area contributed by atoms with E-state index in [1.807, 2.05) is 12.1 Å². The summed E-state index contributed by atoms with van der Waals surface area (Å²) in [6.45, 7) is 2.51. The Morgan fingerprint density at radius 2 is 1.85 bits per heavy atom. The van der Waals surface area contributed by atoms with Crippen LogP contribution in [0.2, 0.25) is 5.15 Å². The van der Waals surface area contributed by atoms with Crippen LogP contribution in [0.15, 0.2) is 24.5 Å². The van der Waals surface area contributed by atoms with Gasteiger partial charge in [-0.05, 0) is 25.2 Å². The lowest BCUT2D eigenvalue weighted by molar-refractivity contribution is -0.139. The lowest BCUT2D eigenvalue weighted by Crippen LogP contribution is -2.44. The van der Waals surface area contributed by atoms with Gasteiger partial charge in [-0.25, -0.2) is 9.97 Å². The Labute approximate surface area is 153 Å². The summed E-state index contributed by atoms with van der Waals surface area (Å²) in [7, 11) is 2.07. The Hall–Kier alpha value is -2.06. The number of hydrogen-bond acceptors (Lipinski definition) is 4. The minimum Gasteiger partial charge on any atom is -0.369 e. The molecule has 1 aliphatic rings. The van der Waals surface area contributed by atoms with Crippen LogP contribution in [0.5, 0.6) is 0 Å². The van der Waals surface area contributed by atoms with Crippen molar-refractivity contribution in [2.24, 2.45) is 0 Å². The number of halogens is 4. The van der Waals surface area contributed by atoms with Gasteiger partial charge in [0.2, 0.25) is 0 Å². The Balaban J connectivity index is 1.88. The Morgan fingerprint density at radius 1 is 1.12 bits per heavy atom. The number of hydrogen-bond donors (Lipinski definition) is 0. The van der Waals surface area contributed by atoms with E-state index in [1.165, 1.54) is 6.33 Å². The molecule has 0 atom stereocenters. The van der Waals surface area contributed by atoms with Crippen LogP contribution >= 0.6 is 11.6 Å². The summed E-state index contributed by atoms with van der Waals surface area (Å²) in [5.74, 6) is 0. The molecule has 0 amide bonds. The number of anilines is 1. The van der Waals surface area contributed by atoms with Crippen molar-refractivity contribution >= 4 is 39.2 Å². The van der Waals surface area contributed by atoms with E-state index >= 15 is 0 Å². The fraction of sp³-hybridized carbons (Fsp3) is 0.412. The van der Waals surface area contributed by atoms with Gasteiger partial charge in [0.15, 0.2) is 5.15 Å². The van der Waals surface area contributed by atoms with Gasteiger partial charge in [-0.1, -0.05) is 11.6 Å². The molecule has 0 radical (unpaired) electrons. The van der Waals surface area contributed by atoms with Gasteiger partial charge in [-0.15, -0.1) is 0 Å². The summed E-state index contributed by atoms with van der Waals surface area (Å²) >= 11 is 6.11. The Morgan fingerprint density at radius 3 is 2.54 bits per heavy atom. The number of alkyl halides is 3. The summed E-state index contributed by atoms with van der Waals surface area (Å²) in [4.78, 5) is 12.6. The third-order valence-electron chi connectivity index (χ3n) is 4.78. The summed E-state index contributed by atoms with van der Waals surface area (Å²) in [6.07, 6.45) is -3.08. The molecule has 0 saturated carbocycles. The normalized spacial score (nSPS) is 16.7. The van der Waals surface area contributed by atoms with Crippen molar-refractivity contribution < 1.29 is 13.2 Å². The second-order valence-corrected chi connectivity index (χ2v) is 6.91. The van der Waals surface area contributed by atoms with Crippen LogP contribution in [-0.2, 0) is 6.54 Å². The highest BCUT2D eigenvalue weighted by Crippen LogP contribution is 2.35. The average Bonchev–Trinajstić information content (AvgIpc) is 2.89. The van der Waals surface area contributed by atoms with E-state index in [1.54, 1.807) is 6.07 Å². The zero-order valence-electron chi connectivity index (χ0n) is 14.1. The fourth-order valence-corrected chi connectivity index (χ4v) is 3.70. The van der Waals surface area contributed by atoms with Crippen LogP contribution in [0, 0.1) is 0 Å². The lowest BCUT2D eigenvalue weighted by atomic mass is 10.2. The van der Waals surface area contributed by atoms with E-state index in [9.17, 15) is 13.2 Å². The maximum Gasteiger partial charge on any atom is 0.406 e. The molecule has 3 heterocycles. The molecule has 1 aliphatic heterocycles. The third-order valence-corrected chi connectivity index (χ3v) is 5.06. The maximum absolute atomic E-state index is 13.1.